The van der Waals surface area contributed by atoms with Gasteiger partial charge in [-0.25, -0.2) is 0 Å². The summed E-state index contributed by atoms with van der Waals surface area (Å²) in [7, 11) is 1.66. The minimum Gasteiger partial charge on any atom is -0.359 e. The molecular formula is C12H16ClNO. The lowest BCUT2D eigenvalue weighted by Crippen LogP contribution is -2.36. The molecule has 1 amide bonds. The van der Waals surface area contributed by atoms with Crippen molar-refractivity contribution >= 4 is 17.5 Å². The van der Waals surface area contributed by atoms with Crippen LogP contribution in [0.4, 0.5) is 0 Å². The molecule has 0 spiro atoms. The van der Waals surface area contributed by atoms with Crippen LogP contribution in [0.25, 0.3) is 0 Å². The summed E-state index contributed by atoms with van der Waals surface area (Å²) in [5.41, 5.74) is 0.732. The summed E-state index contributed by atoms with van der Waals surface area (Å²) in [6, 6.07) is 7.59. The number of halogens is 1. The maximum atomic E-state index is 11.6. The average molecular weight is 226 g/mol. The molecule has 0 radical (unpaired) electrons. The van der Waals surface area contributed by atoms with E-state index >= 15 is 0 Å². The molecular weight excluding hydrogens is 210 g/mol. The highest BCUT2D eigenvalue weighted by Crippen LogP contribution is 2.22. The van der Waals surface area contributed by atoms with Crippen molar-refractivity contribution in [1.82, 2.24) is 5.32 Å². The van der Waals surface area contributed by atoms with Crippen LogP contribution in [0.3, 0.4) is 0 Å². The van der Waals surface area contributed by atoms with E-state index in [1.165, 1.54) is 0 Å². The fraction of sp³-hybridized carbons (Fsp3) is 0.417. The Bertz CT molecular complexity index is 343. The van der Waals surface area contributed by atoms with Crippen LogP contribution in [0, 0.1) is 5.41 Å². The molecule has 2 nitrogen and oxygen atoms in total. The lowest BCUT2D eigenvalue weighted by Gasteiger charge is -2.22. The van der Waals surface area contributed by atoms with Gasteiger partial charge < -0.3 is 5.32 Å². The molecule has 1 aromatic rings. The quantitative estimate of drug-likeness (QED) is 0.842. The summed E-state index contributed by atoms with van der Waals surface area (Å²) < 4.78 is 0. The maximum absolute atomic E-state index is 11.6. The Morgan fingerprint density at radius 1 is 1.33 bits per heavy atom. The van der Waals surface area contributed by atoms with Crippen molar-refractivity contribution in [3.05, 3.63) is 34.9 Å². The molecule has 0 aliphatic carbocycles. The fourth-order valence-corrected chi connectivity index (χ4v) is 1.66. The smallest absolute Gasteiger partial charge is 0.225 e. The number of benzene rings is 1. The van der Waals surface area contributed by atoms with Gasteiger partial charge >= 0.3 is 0 Å². The summed E-state index contributed by atoms with van der Waals surface area (Å²) in [5.74, 6) is 0.0532. The summed E-state index contributed by atoms with van der Waals surface area (Å²) in [5, 5.41) is 3.39. The molecule has 0 bridgehead atoms. The third-order valence-electron chi connectivity index (χ3n) is 2.40. The lowest BCUT2D eigenvalue weighted by atomic mass is 9.85. The number of nitrogens with one attached hydrogen (secondary N) is 1. The molecule has 0 aliphatic heterocycles. The molecule has 0 aromatic heterocycles. The van der Waals surface area contributed by atoms with Gasteiger partial charge in [0.2, 0.25) is 5.91 Å². The molecule has 3 heteroatoms. The first-order chi connectivity index (χ1) is 6.95. The molecule has 1 aromatic carbocycles. The number of rotatable bonds is 3. The van der Waals surface area contributed by atoms with Crippen LogP contribution in [0.15, 0.2) is 24.3 Å². The minimum absolute atomic E-state index is 0.0532. The monoisotopic (exact) mass is 225 g/mol. The minimum atomic E-state index is -0.386. The number of carbonyl (C=O) groups excluding carboxylic acids is 1. The van der Waals surface area contributed by atoms with Crippen LogP contribution < -0.4 is 5.32 Å². The van der Waals surface area contributed by atoms with Gasteiger partial charge in [0.25, 0.3) is 0 Å². The number of amides is 1. The van der Waals surface area contributed by atoms with Gasteiger partial charge in [-0.15, -0.1) is 0 Å². The first-order valence-electron chi connectivity index (χ1n) is 4.92. The zero-order valence-electron chi connectivity index (χ0n) is 9.30. The van der Waals surface area contributed by atoms with Gasteiger partial charge in [-0.1, -0.05) is 37.6 Å². The van der Waals surface area contributed by atoms with E-state index < -0.39 is 0 Å². The van der Waals surface area contributed by atoms with E-state index in [1.54, 1.807) is 7.05 Å². The Labute approximate surface area is 95.6 Å². The molecule has 0 saturated carbocycles. The van der Waals surface area contributed by atoms with Crippen LogP contribution in [0.1, 0.15) is 19.4 Å². The van der Waals surface area contributed by atoms with Crippen LogP contribution in [0.2, 0.25) is 5.02 Å². The predicted molar refractivity (Wildman–Crippen MR) is 63.0 cm³/mol. The third kappa shape index (κ3) is 3.24. The van der Waals surface area contributed by atoms with Crippen LogP contribution >= 0.6 is 11.6 Å². The first kappa shape index (κ1) is 12.1. The van der Waals surface area contributed by atoms with Gasteiger partial charge in [-0.3, -0.25) is 4.79 Å². The van der Waals surface area contributed by atoms with Crippen LogP contribution in [0.5, 0.6) is 0 Å². The van der Waals surface area contributed by atoms with Crippen molar-refractivity contribution < 1.29 is 4.79 Å². The van der Waals surface area contributed by atoms with E-state index in [9.17, 15) is 4.79 Å². The maximum Gasteiger partial charge on any atom is 0.225 e. The Morgan fingerprint density at radius 3 is 2.33 bits per heavy atom. The molecule has 0 saturated heterocycles. The molecule has 1 N–H and O–H groups in total. The molecule has 1 rings (SSSR count). The van der Waals surface area contributed by atoms with Crippen LogP contribution in [-0.2, 0) is 11.2 Å². The molecule has 0 fully saturated rings. The topological polar surface area (TPSA) is 29.1 Å². The van der Waals surface area contributed by atoms with Crippen molar-refractivity contribution in [2.45, 2.75) is 20.3 Å². The van der Waals surface area contributed by atoms with Crippen molar-refractivity contribution in [3.63, 3.8) is 0 Å². The van der Waals surface area contributed by atoms with Gasteiger partial charge in [-0.05, 0) is 24.1 Å². The molecule has 0 aliphatic rings. The second-order valence-electron chi connectivity index (χ2n) is 4.27. The highest BCUT2D eigenvalue weighted by atomic mass is 35.5. The normalized spacial score (nSPS) is 11.2. The second kappa shape index (κ2) is 4.67. The summed E-state index contributed by atoms with van der Waals surface area (Å²) >= 11 is 5.79. The van der Waals surface area contributed by atoms with E-state index in [0.29, 0.717) is 6.42 Å². The fourth-order valence-electron chi connectivity index (χ4n) is 1.53. The lowest BCUT2D eigenvalue weighted by molar-refractivity contribution is -0.128. The Morgan fingerprint density at radius 2 is 1.87 bits per heavy atom. The average Bonchev–Trinajstić information content (AvgIpc) is 2.20. The second-order valence-corrected chi connectivity index (χ2v) is 4.70. The zero-order chi connectivity index (χ0) is 11.5. The highest BCUT2D eigenvalue weighted by Gasteiger charge is 2.26. The summed E-state index contributed by atoms with van der Waals surface area (Å²) in [6.45, 7) is 3.86. The summed E-state index contributed by atoms with van der Waals surface area (Å²) in [6.07, 6.45) is 0.712. The Hall–Kier alpha value is -1.02. The van der Waals surface area contributed by atoms with Gasteiger partial charge in [-0.2, -0.15) is 0 Å². The third-order valence-corrected chi connectivity index (χ3v) is 2.65. The first-order valence-corrected chi connectivity index (χ1v) is 5.30. The molecule has 0 heterocycles. The SMILES string of the molecule is CNC(=O)C(C)(C)Cc1ccc(Cl)cc1. The standard InChI is InChI=1S/C12H16ClNO/c1-12(2,11(15)14-3)8-9-4-6-10(13)7-5-9/h4-7H,8H2,1-3H3,(H,14,15). The number of hydrogen-bond acceptors (Lipinski definition) is 1. The van der Waals surface area contributed by atoms with E-state index in [2.05, 4.69) is 5.32 Å². The van der Waals surface area contributed by atoms with Gasteiger partial charge in [0, 0.05) is 17.5 Å². The zero-order valence-corrected chi connectivity index (χ0v) is 10.1. The van der Waals surface area contributed by atoms with Crippen molar-refractivity contribution in [2.75, 3.05) is 7.05 Å². The number of hydrogen-bond donors (Lipinski definition) is 1. The molecule has 82 valence electrons. The number of carbonyl (C=O) groups is 1. The molecule has 15 heavy (non-hydrogen) atoms. The molecule has 0 atom stereocenters. The van der Waals surface area contributed by atoms with Gasteiger partial charge in [0.1, 0.15) is 0 Å². The van der Waals surface area contributed by atoms with Crippen molar-refractivity contribution in [3.8, 4) is 0 Å². The highest BCUT2D eigenvalue weighted by molar-refractivity contribution is 6.30. The van der Waals surface area contributed by atoms with Crippen molar-refractivity contribution in [2.24, 2.45) is 5.41 Å². The largest absolute Gasteiger partial charge is 0.359 e. The Balaban J connectivity index is 2.77. The van der Waals surface area contributed by atoms with Gasteiger partial charge in [0.15, 0.2) is 0 Å². The van der Waals surface area contributed by atoms with E-state index in [1.807, 2.05) is 38.1 Å². The Kier molecular flexibility index (Phi) is 3.75. The van der Waals surface area contributed by atoms with Gasteiger partial charge in [0.05, 0.1) is 0 Å². The van der Waals surface area contributed by atoms with E-state index in [0.717, 1.165) is 10.6 Å². The van der Waals surface area contributed by atoms with Crippen molar-refractivity contribution in [1.29, 1.82) is 0 Å². The molecule has 0 unspecified atom stereocenters. The predicted octanol–water partition coefficient (Wildman–Crippen LogP) is 2.65. The summed E-state index contributed by atoms with van der Waals surface area (Å²) in [4.78, 5) is 11.6. The van der Waals surface area contributed by atoms with E-state index in [4.69, 9.17) is 11.6 Å². The van der Waals surface area contributed by atoms with E-state index in [-0.39, 0.29) is 11.3 Å². The van der Waals surface area contributed by atoms with Crippen LogP contribution in [-0.4, -0.2) is 13.0 Å².